The third kappa shape index (κ3) is 3.67. The maximum absolute atomic E-state index is 13.1. The van der Waals surface area contributed by atoms with E-state index >= 15 is 0 Å². The number of carbonyl (C=O) groups is 1. The second kappa shape index (κ2) is 6.52. The Hall–Kier alpha value is -1.62. The van der Waals surface area contributed by atoms with Crippen molar-refractivity contribution in [3.63, 3.8) is 0 Å². The molecule has 0 saturated carbocycles. The minimum Gasteiger partial charge on any atom is -0.504 e. The average molecular weight is 266 g/mol. The minimum absolute atomic E-state index is 0.0198. The van der Waals surface area contributed by atoms with Crippen LogP contribution >= 0.6 is 0 Å². The molecule has 1 amide bonds. The number of para-hydroxylation sites is 1. The van der Waals surface area contributed by atoms with E-state index in [9.17, 15) is 14.3 Å². The zero-order chi connectivity index (χ0) is 13.7. The summed E-state index contributed by atoms with van der Waals surface area (Å²) >= 11 is 0. The number of hydrogen-bond donors (Lipinski definition) is 3. The van der Waals surface area contributed by atoms with Gasteiger partial charge in [-0.2, -0.15) is 0 Å². The molecule has 1 heterocycles. The van der Waals surface area contributed by atoms with E-state index in [2.05, 4.69) is 10.6 Å². The van der Waals surface area contributed by atoms with Gasteiger partial charge in [-0.1, -0.05) is 18.9 Å². The number of amides is 1. The van der Waals surface area contributed by atoms with Crippen molar-refractivity contribution in [1.29, 1.82) is 0 Å². The summed E-state index contributed by atoms with van der Waals surface area (Å²) in [7, 11) is 0. The zero-order valence-electron chi connectivity index (χ0n) is 10.8. The second-order valence-corrected chi connectivity index (χ2v) is 4.85. The number of carbonyl (C=O) groups excluding carboxylic acids is 1. The lowest BCUT2D eigenvalue weighted by atomic mass is 10.1. The predicted molar refractivity (Wildman–Crippen MR) is 70.7 cm³/mol. The van der Waals surface area contributed by atoms with E-state index in [1.165, 1.54) is 18.6 Å². The van der Waals surface area contributed by atoms with Gasteiger partial charge >= 0.3 is 0 Å². The number of halogens is 1. The molecule has 0 aromatic heterocycles. The van der Waals surface area contributed by atoms with Crippen molar-refractivity contribution in [2.24, 2.45) is 0 Å². The lowest BCUT2D eigenvalue weighted by Gasteiger charge is -2.16. The first kappa shape index (κ1) is 13.8. The first-order valence-corrected chi connectivity index (χ1v) is 6.67. The van der Waals surface area contributed by atoms with E-state index in [1.807, 2.05) is 0 Å². The Morgan fingerprint density at radius 1 is 1.42 bits per heavy atom. The summed E-state index contributed by atoms with van der Waals surface area (Å²) in [6.45, 7) is 1.46. The molecule has 2 rings (SSSR count). The van der Waals surface area contributed by atoms with Gasteiger partial charge < -0.3 is 15.7 Å². The van der Waals surface area contributed by atoms with Crippen molar-refractivity contribution in [2.45, 2.75) is 31.7 Å². The molecule has 1 fully saturated rings. The number of nitrogens with one attached hydrogen (secondary N) is 2. The average Bonchev–Trinajstić information content (AvgIpc) is 2.68. The Labute approximate surface area is 112 Å². The van der Waals surface area contributed by atoms with Crippen LogP contribution in [0.15, 0.2) is 18.2 Å². The Kier molecular flexibility index (Phi) is 4.74. The highest BCUT2D eigenvalue weighted by Crippen LogP contribution is 2.20. The maximum atomic E-state index is 13.1. The van der Waals surface area contributed by atoms with Gasteiger partial charge in [0.2, 0.25) is 0 Å². The van der Waals surface area contributed by atoms with Crippen LogP contribution in [0.25, 0.3) is 0 Å². The highest BCUT2D eigenvalue weighted by atomic mass is 19.1. The standard InChI is InChI=1S/C14H19FN2O2/c15-12-7-4-6-11(13(12)18)14(19)17-9-10-5-2-1-3-8-16-10/h4,6-7,10,16,18H,1-3,5,8-9H2,(H,17,19). The Balaban J connectivity index is 1.91. The van der Waals surface area contributed by atoms with E-state index < -0.39 is 17.5 Å². The van der Waals surface area contributed by atoms with Crippen molar-refractivity contribution in [3.05, 3.63) is 29.6 Å². The van der Waals surface area contributed by atoms with Gasteiger partial charge in [-0.15, -0.1) is 0 Å². The maximum Gasteiger partial charge on any atom is 0.255 e. The van der Waals surface area contributed by atoms with E-state index in [1.54, 1.807) is 0 Å². The Bertz CT molecular complexity index is 443. The van der Waals surface area contributed by atoms with E-state index in [0.717, 1.165) is 31.9 Å². The SMILES string of the molecule is O=C(NCC1CCCCCN1)c1cccc(F)c1O. The number of phenols is 1. The summed E-state index contributed by atoms with van der Waals surface area (Å²) < 4.78 is 13.1. The molecule has 1 aromatic carbocycles. The molecule has 0 radical (unpaired) electrons. The minimum atomic E-state index is -0.778. The van der Waals surface area contributed by atoms with Crippen molar-refractivity contribution in [3.8, 4) is 5.75 Å². The van der Waals surface area contributed by atoms with Gasteiger partial charge in [0, 0.05) is 12.6 Å². The quantitative estimate of drug-likeness (QED) is 0.781. The number of benzene rings is 1. The molecule has 5 heteroatoms. The van der Waals surface area contributed by atoms with E-state index in [4.69, 9.17) is 0 Å². The summed E-state index contributed by atoms with van der Waals surface area (Å²) in [4.78, 5) is 11.9. The fraction of sp³-hybridized carbons (Fsp3) is 0.500. The predicted octanol–water partition coefficient (Wildman–Crippen LogP) is 1.79. The molecule has 1 aromatic rings. The number of phenolic OH excluding ortho intramolecular Hbond substituents is 1. The molecule has 0 aliphatic carbocycles. The van der Waals surface area contributed by atoms with Crippen LogP contribution in [0.4, 0.5) is 4.39 Å². The van der Waals surface area contributed by atoms with Gasteiger partial charge in [0.15, 0.2) is 11.6 Å². The van der Waals surface area contributed by atoms with Crippen LogP contribution in [-0.4, -0.2) is 30.1 Å². The molecule has 3 N–H and O–H groups in total. The fourth-order valence-electron chi connectivity index (χ4n) is 2.28. The Morgan fingerprint density at radius 3 is 3.11 bits per heavy atom. The van der Waals surface area contributed by atoms with Gasteiger partial charge in [-0.3, -0.25) is 4.79 Å². The molecule has 0 spiro atoms. The highest BCUT2D eigenvalue weighted by Gasteiger charge is 2.16. The summed E-state index contributed by atoms with van der Waals surface area (Å²) in [5.41, 5.74) is -0.0198. The molecule has 19 heavy (non-hydrogen) atoms. The lowest BCUT2D eigenvalue weighted by Crippen LogP contribution is -2.40. The highest BCUT2D eigenvalue weighted by molar-refractivity contribution is 5.96. The van der Waals surface area contributed by atoms with Crippen molar-refractivity contribution in [2.75, 3.05) is 13.1 Å². The lowest BCUT2D eigenvalue weighted by molar-refractivity contribution is 0.0945. The van der Waals surface area contributed by atoms with E-state index in [-0.39, 0.29) is 11.6 Å². The van der Waals surface area contributed by atoms with Crippen LogP contribution in [-0.2, 0) is 0 Å². The van der Waals surface area contributed by atoms with E-state index in [0.29, 0.717) is 6.54 Å². The summed E-state index contributed by atoms with van der Waals surface area (Å²) in [6, 6.07) is 4.20. The number of aromatic hydroxyl groups is 1. The van der Waals surface area contributed by atoms with Crippen LogP contribution in [0, 0.1) is 5.82 Å². The smallest absolute Gasteiger partial charge is 0.255 e. The molecule has 1 unspecified atom stereocenters. The zero-order valence-corrected chi connectivity index (χ0v) is 10.8. The molecule has 1 aliphatic heterocycles. The normalized spacial score (nSPS) is 19.7. The monoisotopic (exact) mass is 266 g/mol. The summed E-state index contributed by atoms with van der Waals surface area (Å²) in [5.74, 6) is -1.81. The molecular weight excluding hydrogens is 247 g/mol. The van der Waals surface area contributed by atoms with Crippen LogP contribution in [0.2, 0.25) is 0 Å². The fourth-order valence-corrected chi connectivity index (χ4v) is 2.28. The summed E-state index contributed by atoms with van der Waals surface area (Å²) in [5, 5.41) is 15.6. The second-order valence-electron chi connectivity index (χ2n) is 4.85. The van der Waals surface area contributed by atoms with Crippen LogP contribution in [0.5, 0.6) is 5.75 Å². The van der Waals surface area contributed by atoms with Crippen LogP contribution < -0.4 is 10.6 Å². The largest absolute Gasteiger partial charge is 0.504 e. The van der Waals surface area contributed by atoms with Crippen molar-refractivity contribution in [1.82, 2.24) is 10.6 Å². The van der Waals surface area contributed by atoms with Gasteiger partial charge in [0.1, 0.15) is 0 Å². The first-order chi connectivity index (χ1) is 9.18. The van der Waals surface area contributed by atoms with Crippen molar-refractivity contribution < 1.29 is 14.3 Å². The molecule has 1 atom stereocenters. The Morgan fingerprint density at radius 2 is 2.26 bits per heavy atom. The molecule has 104 valence electrons. The number of hydrogen-bond acceptors (Lipinski definition) is 3. The molecule has 0 bridgehead atoms. The first-order valence-electron chi connectivity index (χ1n) is 6.67. The third-order valence-corrected chi connectivity index (χ3v) is 3.40. The topological polar surface area (TPSA) is 61.4 Å². The van der Waals surface area contributed by atoms with Crippen molar-refractivity contribution >= 4 is 5.91 Å². The molecule has 1 aliphatic rings. The van der Waals surface area contributed by atoms with Gasteiger partial charge in [0.25, 0.3) is 5.91 Å². The van der Waals surface area contributed by atoms with Crippen LogP contribution in [0.3, 0.4) is 0 Å². The third-order valence-electron chi connectivity index (χ3n) is 3.40. The summed E-state index contributed by atoms with van der Waals surface area (Å²) in [6.07, 6.45) is 4.55. The molecule has 4 nitrogen and oxygen atoms in total. The van der Waals surface area contributed by atoms with Gasteiger partial charge in [0.05, 0.1) is 5.56 Å². The number of rotatable bonds is 3. The molecule has 1 saturated heterocycles. The van der Waals surface area contributed by atoms with Crippen LogP contribution in [0.1, 0.15) is 36.0 Å². The van der Waals surface area contributed by atoms with Gasteiger partial charge in [-0.25, -0.2) is 4.39 Å². The van der Waals surface area contributed by atoms with Gasteiger partial charge in [-0.05, 0) is 31.5 Å². The molecular formula is C14H19FN2O2.